The van der Waals surface area contributed by atoms with E-state index < -0.39 is 17.9 Å². The van der Waals surface area contributed by atoms with Crippen LogP contribution in [0, 0.1) is 4.91 Å². The molecule has 0 bridgehead atoms. The highest BCUT2D eigenvalue weighted by Gasteiger charge is 2.32. The molecule has 0 aliphatic rings. The summed E-state index contributed by atoms with van der Waals surface area (Å²) in [6, 6.07) is -1.56. The van der Waals surface area contributed by atoms with Gasteiger partial charge >= 0.3 is 5.97 Å². The van der Waals surface area contributed by atoms with Crippen LogP contribution in [-0.4, -0.2) is 42.5 Å². The molecule has 1 amide bonds. The molecule has 15 heavy (non-hydrogen) atoms. The number of hydrogen-bond acceptors (Lipinski definition) is 5. The average molecular weight is 216 g/mol. The maximum Gasteiger partial charge on any atom is 0.344 e. The van der Waals surface area contributed by atoms with E-state index in [0.29, 0.717) is 13.1 Å². The molecule has 0 aromatic carbocycles. The Bertz CT molecular complexity index is 238. The van der Waals surface area contributed by atoms with Crippen LogP contribution in [0.15, 0.2) is 5.18 Å². The maximum absolute atomic E-state index is 11.6. The van der Waals surface area contributed by atoms with Crippen LogP contribution in [0.3, 0.4) is 0 Å². The Morgan fingerprint density at radius 1 is 1.27 bits per heavy atom. The van der Waals surface area contributed by atoms with Crippen molar-refractivity contribution in [2.75, 3.05) is 19.7 Å². The molecule has 0 heterocycles. The zero-order chi connectivity index (χ0) is 11.8. The van der Waals surface area contributed by atoms with Gasteiger partial charge in [0.2, 0.25) is 0 Å². The SMILES string of the molecule is CCOC(=O)[C@@H](N=O)C(=O)N(CC)CC. The van der Waals surface area contributed by atoms with Gasteiger partial charge in [0.05, 0.1) is 6.61 Å². The van der Waals surface area contributed by atoms with E-state index in [9.17, 15) is 14.5 Å². The van der Waals surface area contributed by atoms with Gasteiger partial charge in [-0.1, -0.05) is 0 Å². The standard InChI is InChI=1S/C9H16N2O4/c1-4-11(5-2)8(12)7(10-14)9(13)15-6-3/h7H,4-6H2,1-3H3/t7-/m0/s1. The number of ether oxygens (including phenoxy) is 1. The number of hydrogen-bond donors (Lipinski definition) is 0. The third-order valence-corrected chi connectivity index (χ3v) is 1.92. The van der Waals surface area contributed by atoms with Crippen LogP contribution in [0.4, 0.5) is 0 Å². The van der Waals surface area contributed by atoms with Crippen molar-refractivity contribution in [2.45, 2.75) is 26.8 Å². The Morgan fingerprint density at radius 3 is 2.13 bits per heavy atom. The highest BCUT2D eigenvalue weighted by Crippen LogP contribution is 2.02. The van der Waals surface area contributed by atoms with Gasteiger partial charge < -0.3 is 9.64 Å². The second kappa shape index (κ2) is 6.92. The van der Waals surface area contributed by atoms with Crippen LogP contribution in [0.2, 0.25) is 0 Å². The molecular formula is C9H16N2O4. The number of nitroso groups, excluding NO2 is 1. The quantitative estimate of drug-likeness (QED) is 0.369. The molecule has 0 aromatic rings. The van der Waals surface area contributed by atoms with Crippen LogP contribution < -0.4 is 0 Å². The second-order valence-electron chi connectivity index (χ2n) is 2.77. The number of amides is 1. The molecule has 86 valence electrons. The first-order valence-corrected chi connectivity index (χ1v) is 4.90. The average Bonchev–Trinajstić information content (AvgIpc) is 2.21. The summed E-state index contributed by atoms with van der Waals surface area (Å²) in [5, 5.41) is 2.51. The molecule has 0 radical (unpaired) electrons. The van der Waals surface area contributed by atoms with E-state index in [4.69, 9.17) is 0 Å². The number of carbonyl (C=O) groups is 2. The van der Waals surface area contributed by atoms with Gasteiger partial charge in [0.15, 0.2) is 0 Å². The lowest BCUT2D eigenvalue weighted by Gasteiger charge is -2.20. The summed E-state index contributed by atoms with van der Waals surface area (Å²) >= 11 is 0. The molecule has 0 spiro atoms. The van der Waals surface area contributed by atoms with Crippen molar-refractivity contribution < 1.29 is 14.3 Å². The van der Waals surface area contributed by atoms with Crippen molar-refractivity contribution in [2.24, 2.45) is 5.18 Å². The van der Waals surface area contributed by atoms with Gasteiger partial charge in [-0.2, -0.15) is 0 Å². The topological polar surface area (TPSA) is 76.0 Å². The monoisotopic (exact) mass is 216 g/mol. The predicted octanol–water partition coefficient (Wildman–Crippen LogP) is 0.553. The summed E-state index contributed by atoms with van der Waals surface area (Å²) in [4.78, 5) is 34.5. The fourth-order valence-electron chi connectivity index (χ4n) is 1.12. The zero-order valence-electron chi connectivity index (χ0n) is 9.23. The Labute approximate surface area is 88.5 Å². The molecule has 6 nitrogen and oxygen atoms in total. The highest BCUT2D eigenvalue weighted by atomic mass is 16.5. The molecule has 0 unspecified atom stereocenters. The Hall–Kier alpha value is -1.46. The van der Waals surface area contributed by atoms with Gasteiger partial charge in [0.1, 0.15) is 0 Å². The van der Waals surface area contributed by atoms with Crippen molar-refractivity contribution in [3.8, 4) is 0 Å². The van der Waals surface area contributed by atoms with E-state index in [0.717, 1.165) is 0 Å². The fraction of sp³-hybridized carbons (Fsp3) is 0.778. The third-order valence-electron chi connectivity index (χ3n) is 1.92. The van der Waals surface area contributed by atoms with Crippen molar-refractivity contribution in [3.05, 3.63) is 4.91 Å². The van der Waals surface area contributed by atoms with E-state index in [1.54, 1.807) is 20.8 Å². The summed E-state index contributed by atoms with van der Waals surface area (Å²) in [7, 11) is 0. The molecule has 0 aromatic heterocycles. The molecule has 0 aliphatic heterocycles. The lowest BCUT2D eigenvalue weighted by Crippen LogP contribution is -2.42. The molecular weight excluding hydrogens is 200 g/mol. The largest absolute Gasteiger partial charge is 0.464 e. The van der Waals surface area contributed by atoms with Gasteiger partial charge in [-0.15, -0.1) is 4.91 Å². The Morgan fingerprint density at radius 2 is 1.80 bits per heavy atom. The first-order valence-electron chi connectivity index (χ1n) is 4.90. The van der Waals surface area contributed by atoms with Crippen LogP contribution in [0.25, 0.3) is 0 Å². The molecule has 6 heteroatoms. The Balaban J connectivity index is 4.59. The summed E-state index contributed by atoms with van der Waals surface area (Å²) in [6.45, 7) is 6.10. The number of nitrogens with zero attached hydrogens (tertiary/aromatic N) is 2. The molecule has 0 saturated heterocycles. The molecule has 0 N–H and O–H groups in total. The van der Waals surface area contributed by atoms with Crippen molar-refractivity contribution >= 4 is 11.9 Å². The second-order valence-corrected chi connectivity index (χ2v) is 2.77. The minimum absolute atomic E-state index is 0.121. The minimum atomic E-state index is -1.56. The van der Waals surface area contributed by atoms with Crippen LogP contribution >= 0.6 is 0 Å². The normalized spacial score (nSPS) is 11.7. The van der Waals surface area contributed by atoms with Gasteiger partial charge in [-0.25, -0.2) is 4.79 Å². The molecule has 0 saturated carbocycles. The van der Waals surface area contributed by atoms with Crippen molar-refractivity contribution in [1.82, 2.24) is 4.90 Å². The third kappa shape index (κ3) is 3.65. The van der Waals surface area contributed by atoms with E-state index in [2.05, 4.69) is 9.91 Å². The number of likely N-dealkylation sites (N-methyl/N-ethyl adjacent to an activating group) is 1. The fourth-order valence-corrected chi connectivity index (χ4v) is 1.12. The maximum atomic E-state index is 11.6. The number of esters is 1. The molecule has 1 atom stereocenters. The number of rotatable bonds is 6. The molecule has 0 aliphatic carbocycles. The number of carbonyl (C=O) groups excluding carboxylic acids is 2. The van der Waals surface area contributed by atoms with Crippen LogP contribution in [-0.2, 0) is 14.3 Å². The van der Waals surface area contributed by atoms with Crippen LogP contribution in [0.1, 0.15) is 20.8 Å². The summed E-state index contributed by atoms with van der Waals surface area (Å²) in [6.07, 6.45) is 0. The van der Waals surface area contributed by atoms with E-state index in [1.807, 2.05) is 0 Å². The van der Waals surface area contributed by atoms with Gasteiger partial charge in [-0.3, -0.25) is 4.79 Å². The lowest BCUT2D eigenvalue weighted by atomic mass is 10.2. The smallest absolute Gasteiger partial charge is 0.344 e. The molecule has 0 rings (SSSR count). The zero-order valence-corrected chi connectivity index (χ0v) is 9.23. The van der Waals surface area contributed by atoms with Crippen LogP contribution in [0.5, 0.6) is 0 Å². The van der Waals surface area contributed by atoms with Crippen molar-refractivity contribution in [3.63, 3.8) is 0 Å². The van der Waals surface area contributed by atoms with E-state index in [1.165, 1.54) is 4.90 Å². The Kier molecular flexibility index (Phi) is 6.24. The van der Waals surface area contributed by atoms with Gasteiger partial charge in [-0.05, 0) is 25.9 Å². The van der Waals surface area contributed by atoms with E-state index >= 15 is 0 Å². The summed E-state index contributed by atoms with van der Waals surface area (Å²) in [5.74, 6) is -1.49. The first-order chi connectivity index (χ1) is 7.12. The van der Waals surface area contributed by atoms with E-state index in [-0.39, 0.29) is 6.61 Å². The lowest BCUT2D eigenvalue weighted by molar-refractivity contribution is -0.150. The van der Waals surface area contributed by atoms with Gasteiger partial charge in [0, 0.05) is 13.1 Å². The minimum Gasteiger partial charge on any atom is -0.464 e. The first kappa shape index (κ1) is 13.5. The van der Waals surface area contributed by atoms with Gasteiger partial charge in [0.25, 0.3) is 11.9 Å². The molecule has 0 fully saturated rings. The predicted molar refractivity (Wildman–Crippen MR) is 54.1 cm³/mol. The summed E-state index contributed by atoms with van der Waals surface area (Å²) < 4.78 is 4.58. The highest BCUT2D eigenvalue weighted by molar-refractivity contribution is 6.02. The summed E-state index contributed by atoms with van der Waals surface area (Å²) in [5.41, 5.74) is 0. The van der Waals surface area contributed by atoms with Crippen molar-refractivity contribution in [1.29, 1.82) is 0 Å².